The number of H-pyrrole nitrogens is 1. The first-order valence-corrected chi connectivity index (χ1v) is 12.5. The molecule has 4 aliphatic heterocycles. The van der Waals surface area contributed by atoms with Crippen molar-refractivity contribution in [1.29, 1.82) is 0 Å². The van der Waals surface area contributed by atoms with E-state index in [0.29, 0.717) is 12.2 Å². The zero-order valence-corrected chi connectivity index (χ0v) is 20.2. The lowest BCUT2D eigenvalue weighted by atomic mass is 9.95. The normalized spacial score (nSPS) is 26.7. The molecule has 1 aromatic carbocycles. The Hall–Kier alpha value is -3.17. The maximum atomic E-state index is 13.8. The van der Waals surface area contributed by atoms with E-state index < -0.39 is 0 Å². The average Bonchev–Trinajstić information content (AvgIpc) is 3.55. The van der Waals surface area contributed by atoms with Crippen molar-refractivity contribution in [2.45, 2.75) is 57.7 Å². The number of rotatable bonds is 2. The highest BCUT2D eigenvalue weighted by Crippen LogP contribution is 2.31. The van der Waals surface area contributed by atoms with Crippen LogP contribution < -0.4 is 11.2 Å². The van der Waals surface area contributed by atoms with E-state index in [-0.39, 0.29) is 29.8 Å². The summed E-state index contributed by atoms with van der Waals surface area (Å²) in [4.78, 5) is 26.2. The fourth-order valence-corrected chi connectivity index (χ4v) is 5.88. The number of hydrazine groups is 1. The summed E-state index contributed by atoms with van der Waals surface area (Å²) in [6.07, 6.45) is 8.16. The van der Waals surface area contributed by atoms with Crippen molar-refractivity contribution in [3.8, 4) is 0 Å². The summed E-state index contributed by atoms with van der Waals surface area (Å²) in [6, 6.07) is 4.76. The van der Waals surface area contributed by atoms with Gasteiger partial charge in [-0.15, -0.1) is 0 Å². The van der Waals surface area contributed by atoms with Crippen LogP contribution in [0.5, 0.6) is 0 Å². The Morgan fingerprint density at radius 1 is 1.20 bits per heavy atom. The van der Waals surface area contributed by atoms with Gasteiger partial charge in [0.05, 0.1) is 12.1 Å². The largest absolute Gasteiger partial charge is 0.355 e. The highest BCUT2D eigenvalue weighted by atomic mass is 19.1. The fraction of sp³-hybridized carbons (Fsp3) is 0.462. The van der Waals surface area contributed by atoms with E-state index in [0.717, 1.165) is 72.5 Å². The van der Waals surface area contributed by atoms with Gasteiger partial charge >= 0.3 is 0 Å². The Balaban J connectivity index is 1.27. The number of likely N-dealkylation sites (tertiary alicyclic amines) is 2. The Morgan fingerprint density at radius 2 is 2.06 bits per heavy atom. The summed E-state index contributed by atoms with van der Waals surface area (Å²) in [5.74, 6) is 1.52. The average molecular weight is 478 g/mol. The molecule has 5 heterocycles. The molecule has 1 amide bonds. The third-order valence-corrected chi connectivity index (χ3v) is 7.74. The van der Waals surface area contributed by atoms with Gasteiger partial charge in [-0.25, -0.2) is 14.8 Å². The molecule has 8 nitrogen and oxygen atoms in total. The third kappa shape index (κ3) is 3.83. The molecular formula is C26H32FN7O. The second-order valence-electron chi connectivity index (χ2n) is 10.2. The molecule has 2 saturated heterocycles. The number of carbonyl (C=O) groups excluding carboxylic acids is 1. The van der Waals surface area contributed by atoms with Crippen LogP contribution in [0.3, 0.4) is 0 Å². The number of amides is 1. The van der Waals surface area contributed by atoms with Crippen LogP contribution in [-0.4, -0.2) is 69.3 Å². The summed E-state index contributed by atoms with van der Waals surface area (Å²) in [5, 5.41) is 2.73. The number of nitrogens with one attached hydrogen (secondary N) is 2. The first-order valence-electron chi connectivity index (χ1n) is 12.5. The molecule has 9 heteroatoms. The molecule has 0 bridgehead atoms. The van der Waals surface area contributed by atoms with E-state index in [9.17, 15) is 9.18 Å². The van der Waals surface area contributed by atoms with E-state index in [4.69, 9.17) is 10.7 Å². The number of aliphatic imine (C=N–C) groups is 1. The second kappa shape index (κ2) is 8.49. The van der Waals surface area contributed by atoms with Crippen LogP contribution >= 0.6 is 0 Å². The Labute approximate surface area is 204 Å². The van der Waals surface area contributed by atoms with E-state index in [1.807, 2.05) is 16.8 Å². The van der Waals surface area contributed by atoms with Crippen LogP contribution in [0.15, 0.2) is 46.9 Å². The number of aromatic amines is 1. The summed E-state index contributed by atoms with van der Waals surface area (Å²) in [7, 11) is 0. The fourth-order valence-electron chi connectivity index (χ4n) is 5.88. The van der Waals surface area contributed by atoms with Crippen molar-refractivity contribution in [2.24, 2.45) is 10.7 Å². The predicted octanol–water partition coefficient (Wildman–Crippen LogP) is 2.99. The van der Waals surface area contributed by atoms with Gasteiger partial charge in [-0.2, -0.15) is 0 Å². The van der Waals surface area contributed by atoms with E-state index in [1.165, 1.54) is 12.1 Å². The van der Waals surface area contributed by atoms with E-state index in [2.05, 4.69) is 34.5 Å². The monoisotopic (exact) mass is 477 g/mol. The maximum Gasteiger partial charge on any atom is 0.270 e. The topological polar surface area (TPSA) is 93.0 Å². The molecule has 1 unspecified atom stereocenters. The number of benzene rings is 1. The SMILES string of the molecule is CC1=CN2NC([C@@H]3CCCCN3C(=O)c3[nH]c4ccc(F)cc4c3C)C=C2N=C1N1CC[C@H](N)C1. The maximum absolute atomic E-state index is 13.8. The summed E-state index contributed by atoms with van der Waals surface area (Å²) < 4.78 is 13.8. The number of aryl methyl sites for hydroxylation is 1. The number of piperidine rings is 1. The molecule has 0 spiro atoms. The molecular weight excluding hydrogens is 445 g/mol. The lowest BCUT2D eigenvalue weighted by Gasteiger charge is -2.39. The molecule has 0 aliphatic carbocycles. The molecule has 35 heavy (non-hydrogen) atoms. The zero-order chi connectivity index (χ0) is 24.3. The van der Waals surface area contributed by atoms with Gasteiger partial charge in [0.1, 0.15) is 23.2 Å². The number of aromatic nitrogens is 1. The van der Waals surface area contributed by atoms with Gasteiger partial charge in [-0.1, -0.05) is 0 Å². The molecule has 0 radical (unpaired) electrons. The first-order chi connectivity index (χ1) is 16.9. The van der Waals surface area contributed by atoms with Crippen LogP contribution in [0.4, 0.5) is 4.39 Å². The van der Waals surface area contributed by atoms with Crippen molar-refractivity contribution >= 4 is 22.6 Å². The standard InChI is InChI=1S/C26H32FN7O/c1-15-13-34-23(30-25(15)32-10-8-18(28)14-32)12-21(31-34)22-5-3-4-9-33(22)26(35)24-16(2)19-11-17(27)6-7-20(19)29-24/h6-7,11-13,18,21-22,29,31H,3-5,8-10,14,28H2,1-2H3/t18-,21?,22-/m0/s1. The minimum absolute atomic E-state index is 0.00413. The Morgan fingerprint density at radius 3 is 2.86 bits per heavy atom. The summed E-state index contributed by atoms with van der Waals surface area (Å²) in [5.41, 5.74) is 12.9. The van der Waals surface area contributed by atoms with Crippen LogP contribution in [0.1, 0.15) is 48.7 Å². The lowest BCUT2D eigenvalue weighted by Crippen LogP contribution is -2.54. The number of amidine groups is 1. The number of hydrogen-bond donors (Lipinski definition) is 3. The van der Waals surface area contributed by atoms with Gasteiger partial charge in [-0.3, -0.25) is 9.80 Å². The Kier molecular flexibility index (Phi) is 5.41. The van der Waals surface area contributed by atoms with Crippen molar-refractivity contribution in [1.82, 2.24) is 25.2 Å². The smallest absolute Gasteiger partial charge is 0.270 e. The number of nitrogens with zero attached hydrogens (tertiary/aromatic N) is 4. The van der Waals surface area contributed by atoms with E-state index in [1.54, 1.807) is 6.07 Å². The van der Waals surface area contributed by atoms with Crippen molar-refractivity contribution in [3.63, 3.8) is 0 Å². The summed E-state index contributed by atoms with van der Waals surface area (Å²) >= 11 is 0. The molecule has 4 N–H and O–H groups in total. The second-order valence-corrected chi connectivity index (χ2v) is 10.2. The Bertz CT molecular complexity index is 1280. The van der Waals surface area contributed by atoms with Crippen molar-refractivity contribution < 1.29 is 9.18 Å². The van der Waals surface area contributed by atoms with Gasteiger partial charge < -0.3 is 20.5 Å². The first kappa shape index (κ1) is 22.3. The third-order valence-electron chi connectivity index (χ3n) is 7.74. The number of fused-ring (bicyclic) bond motifs is 2. The van der Waals surface area contributed by atoms with Crippen LogP contribution in [0.2, 0.25) is 0 Å². The molecule has 1 aromatic heterocycles. The molecule has 0 saturated carbocycles. The number of nitrogens with two attached hydrogens (primary N) is 1. The molecule has 6 rings (SSSR count). The minimum atomic E-state index is -0.299. The molecule has 3 atom stereocenters. The predicted molar refractivity (Wildman–Crippen MR) is 134 cm³/mol. The minimum Gasteiger partial charge on any atom is -0.355 e. The molecule has 184 valence electrons. The molecule has 2 fully saturated rings. The van der Waals surface area contributed by atoms with Crippen LogP contribution in [0.25, 0.3) is 10.9 Å². The van der Waals surface area contributed by atoms with Gasteiger partial charge in [-0.05, 0) is 69.4 Å². The number of carbonyl (C=O) groups is 1. The van der Waals surface area contributed by atoms with Crippen LogP contribution in [0, 0.1) is 12.7 Å². The lowest BCUT2D eigenvalue weighted by molar-refractivity contribution is 0.0555. The summed E-state index contributed by atoms with van der Waals surface area (Å²) in [6.45, 7) is 6.41. The zero-order valence-electron chi connectivity index (χ0n) is 20.2. The van der Waals surface area contributed by atoms with Crippen LogP contribution in [-0.2, 0) is 0 Å². The van der Waals surface area contributed by atoms with Gasteiger partial charge in [0.2, 0.25) is 0 Å². The van der Waals surface area contributed by atoms with E-state index >= 15 is 0 Å². The van der Waals surface area contributed by atoms with Gasteiger partial charge in [0.15, 0.2) is 0 Å². The number of hydrogen-bond acceptors (Lipinski definition) is 6. The van der Waals surface area contributed by atoms with Gasteiger partial charge in [0.25, 0.3) is 5.91 Å². The molecule has 2 aromatic rings. The van der Waals surface area contributed by atoms with Crippen molar-refractivity contribution in [2.75, 3.05) is 19.6 Å². The molecule has 4 aliphatic rings. The van der Waals surface area contributed by atoms with Gasteiger partial charge in [0, 0.05) is 48.4 Å². The highest BCUT2D eigenvalue weighted by Gasteiger charge is 2.39. The highest BCUT2D eigenvalue weighted by molar-refractivity contribution is 6.01. The quantitative estimate of drug-likeness (QED) is 0.619. The number of halogens is 1. The van der Waals surface area contributed by atoms with Crippen molar-refractivity contribution in [3.05, 3.63) is 58.9 Å².